The monoisotopic (exact) mass is 555 g/mol. The number of carbonyl (C=O) groups is 2. The van der Waals surface area contributed by atoms with Crippen molar-refractivity contribution in [1.82, 2.24) is 31.7 Å². The molecule has 0 fully saturated rings. The summed E-state index contributed by atoms with van der Waals surface area (Å²) in [5.41, 5.74) is 10.6. The molecule has 2 rings (SSSR count). The number of hydrogen-bond acceptors (Lipinski definition) is 6. The fourth-order valence-electron chi connectivity index (χ4n) is 1.37. The molecule has 0 aliphatic heterocycles. The molecule has 159 valence electrons. The second-order valence-electron chi connectivity index (χ2n) is 4.24. The van der Waals surface area contributed by atoms with E-state index in [0.717, 1.165) is 0 Å². The molecule has 0 aliphatic carbocycles. The van der Waals surface area contributed by atoms with Gasteiger partial charge in [0, 0.05) is 35.9 Å². The SMILES string of the molecule is O=C(NNC(=S)S)c1ccncc1.O=C(NNC(=S)S)c1ccncc1.[Cl-].[Cl-].[Co+2]. The van der Waals surface area contributed by atoms with Crippen LogP contribution in [0.15, 0.2) is 49.1 Å². The number of nitrogens with one attached hydrogen (secondary N) is 4. The van der Waals surface area contributed by atoms with Crippen LogP contribution in [0, 0.1) is 0 Å². The van der Waals surface area contributed by atoms with Crippen molar-refractivity contribution in [3.05, 3.63) is 60.2 Å². The molecule has 0 saturated heterocycles. The van der Waals surface area contributed by atoms with Crippen molar-refractivity contribution in [1.29, 1.82) is 0 Å². The third-order valence-electron chi connectivity index (χ3n) is 2.45. The summed E-state index contributed by atoms with van der Waals surface area (Å²) in [6.07, 6.45) is 6.14. The Balaban J connectivity index is -0.000000422. The van der Waals surface area contributed by atoms with E-state index in [0.29, 0.717) is 11.1 Å². The van der Waals surface area contributed by atoms with Crippen molar-refractivity contribution in [2.75, 3.05) is 0 Å². The molecule has 8 nitrogen and oxygen atoms in total. The zero-order valence-corrected chi connectivity index (χ0v) is 20.1. The number of hydrazine groups is 2. The zero-order chi connectivity index (χ0) is 19.4. The molecule has 29 heavy (non-hydrogen) atoms. The molecule has 2 amide bonds. The first kappa shape index (κ1) is 32.5. The van der Waals surface area contributed by atoms with Crippen LogP contribution >= 0.6 is 49.7 Å². The first-order valence-corrected chi connectivity index (χ1v) is 8.50. The molecule has 0 aromatic carbocycles. The fourth-order valence-corrected chi connectivity index (χ4v) is 1.59. The van der Waals surface area contributed by atoms with Crippen LogP contribution in [0.1, 0.15) is 20.7 Å². The predicted molar refractivity (Wildman–Crippen MR) is 113 cm³/mol. The van der Waals surface area contributed by atoms with Gasteiger partial charge < -0.3 is 24.8 Å². The van der Waals surface area contributed by atoms with E-state index in [-0.39, 0.29) is 62.0 Å². The van der Waals surface area contributed by atoms with Crippen molar-refractivity contribution in [2.45, 2.75) is 0 Å². The molecular weight excluding hydrogens is 542 g/mol. The van der Waals surface area contributed by atoms with E-state index in [2.05, 4.69) is 81.4 Å². The first-order valence-electron chi connectivity index (χ1n) is 6.78. The molecular formula is C14H14Cl2CoN6O2S4. The summed E-state index contributed by atoms with van der Waals surface area (Å²) in [6.45, 7) is 0. The summed E-state index contributed by atoms with van der Waals surface area (Å²) < 4.78 is 0.421. The summed E-state index contributed by atoms with van der Waals surface area (Å²) in [6, 6.07) is 6.38. The van der Waals surface area contributed by atoms with Crippen LogP contribution < -0.4 is 46.5 Å². The maximum absolute atomic E-state index is 11.3. The Labute approximate surface area is 212 Å². The van der Waals surface area contributed by atoms with Crippen LogP contribution in [-0.4, -0.2) is 30.4 Å². The Morgan fingerprint density at radius 3 is 1.21 bits per heavy atom. The average molecular weight is 556 g/mol. The number of amides is 2. The quantitative estimate of drug-likeness (QED) is 0.124. The molecule has 1 radical (unpaired) electrons. The van der Waals surface area contributed by atoms with Crippen LogP contribution in [-0.2, 0) is 16.8 Å². The van der Waals surface area contributed by atoms with Gasteiger partial charge in [-0.05, 0) is 24.3 Å². The Morgan fingerprint density at radius 1 is 0.690 bits per heavy atom. The van der Waals surface area contributed by atoms with Crippen LogP contribution in [0.2, 0.25) is 0 Å². The third kappa shape index (κ3) is 15.3. The summed E-state index contributed by atoms with van der Waals surface area (Å²) in [5, 5.41) is 0. The van der Waals surface area contributed by atoms with Gasteiger partial charge in [-0.1, -0.05) is 24.4 Å². The fraction of sp³-hybridized carbons (Fsp3) is 0. The molecule has 2 aromatic rings. The number of thiocarbonyl (C=S) groups is 2. The average Bonchev–Trinajstić information content (AvgIpc) is 2.66. The number of halogens is 2. The van der Waals surface area contributed by atoms with Crippen LogP contribution in [0.4, 0.5) is 0 Å². The minimum Gasteiger partial charge on any atom is -1.00 e. The Morgan fingerprint density at radius 2 is 0.966 bits per heavy atom. The second-order valence-corrected chi connectivity index (χ2v) is 6.56. The van der Waals surface area contributed by atoms with Crippen molar-refractivity contribution >= 4 is 70.1 Å². The minimum atomic E-state index is -0.279. The molecule has 0 aliphatic rings. The topological polar surface area (TPSA) is 108 Å². The number of hydrogen-bond donors (Lipinski definition) is 6. The number of thiol groups is 2. The largest absolute Gasteiger partial charge is 2.00 e. The van der Waals surface area contributed by atoms with E-state index in [1.165, 1.54) is 24.8 Å². The van der Waals surface area contributed by atoms with Gasteiger partial charge in [-0.25, -0.2) is 0 Å². The molecule has 2 heterocycles. The molecule has 0 spiro atoms. The van der Waals surface area contributed by atoms with Gasteiger partial charge in [0.15, 0.2) is 0 Å². The Hall–Kier alpha value is -1.19. The van der Waals surface area contributed by atoms with Crippen LogP contribution in [0.5, 0.6) is 0 Å². The van der Waals surface area contributed by atoms with Gasteiger partial charge in [0.05, 0.1) is 0 Å². The van der Waals surface area contributed by atoms with Crippen molar-refractivity contribution < 1.29 is 51.2 Å². The van der Waals surface area contributed by atoms with Gasteiger partial charge in [-0.3, -0.25) is 41.3 Å². The number of pyridine rings is 2. The molecule has 0 atom stereocenters. The van der Waals surface area contributed by atoms with E-state index < -0.39 is 0 Å². The van der Waals surface area contributed by atoms with Gasteiger partial charge in [-0.2, -0.15) is 0 Å². The second kappa shape index (κ2) is 18.8. The Bertz CT molecular complexity index is 712. The Kier molecular flexibility index (Phi) is 21.1. The van der Waals surface area contributed by atoms with E-state index in [9.17, 15) is 9.59 Å². The van der Waals surface area contributed by atoms with E-state index >= 15 is 0 Å². The van der Waals surface area contributed by atoms with E-state index in [1.807, 2.05) is 0 Å². The van der Waals surface area contributed by atoms with Crippen molar-refractivity contribution in [2.24, 2.45) is 0 Å². The van der Waals surface area contributed by atoms with Gasteiger partial charge in [-0.15, -0.1) is 25.3 Å². The predicted octanol–water partition coefficient (Wildman–Crippen LogP) is -4.93. The van der Waals surface area contributed by atoms with Crippen molar-refractivity contribution in [3.8, 4) is 0 Å². The first-order chi connectivity index (χ1) is 12.4. The van der Waals surface area contributed by atoms with Gasteiger partial charge in [0.25, 0.3) is 11.8 Å². The maximum Gasteiger partial charge on any atom is 2.00 e. The van der Waals surface area contributed by atoms with Crippen molar-refractivity contribution in [3.63, 3.8) is 0 Å². The number of rotatable bonds is 2. The normalized spacial score (nSPS) is 8.07. The third-order valence-corrected chi connectivity index (χ3v) is 2.88. The molecule has 4 N–H and O–H groups in total. The molecule has 0 bridgehead atoms. The van der Waals surface area contributed by atoms with Crippen LogP contribution in [0.25, 0.3) is 0 Å². The summed E-state index contributed by atoms with van der Waals surface area (Å²) in [7, 11) is 0. The van der Waals surface area contributed by atoms with Crippen LogP contribution in [0.3, 0.4) is 0 Å². The summed E-state index contributed by atoms with van der Waals surface area (Å²) in [5.74, 6) is -0.558. The number of aromatic nitrogens is 2. The number of carbonyl (C=O) groups excluding carboxylic acids is 2. The molecule has 0 unspecified atom stereocenters. The zero-order valence-electron chi connectivity index (χ0n) is 14.1. The standard InChI is InChI=1S/2C7H7N3OS2.2ClH.Co/c2*11-6(9-10-7(12)13)5-1-3-8-4-2-5;;;/h2*1-4H,(H,9,11)(H2,10,12,13);2*1H;/q;;;;+2/p-2. The number of nitrogens with zero attached hydrogens (tertiary/aromatic N) is 2. The smallest absolute Gasteiger partial charge is 1.00 e. The van der Waals surface area contributed by atoms with Gasteiger partial charge >= 0.3 is 16.8 Å². The van der Waals surface area contributed by atoms with Gasteiger partial charge in [0.1, 0.15) is 8.64 Å². The van der Waals surface area contributed by atoms with Gasteiger partial charge in [0.2, 0.25) is 0 Å². The summed E-state index contributed by atoms with van der Waals surface area (Å²) in [4.78, 5) is 30.1. The van der Waals surface area contributed by atoms with E-state index in [1.54, 1.807) is 24.3 Å². The van der Waals surface area contributed by atoms with E-state index in [4.69, 9.17) is 0 Å². The minimum absolute atomic E-state index is 0. The molecule has 0 saturated carbocycles. The maximum atomic E-state index is 11.3. The molecule has 15 heteroatoms. The summed E-state index contributed by atoms with van der Waals surface area (Å²) >= 11 is 16.7. The molecule has 2 aromatic heterocycles.